The molecule has 0 spiro atoms. The molecule has 1 aromatic carbocycles. The largest absolute Gasteiger partial charge is 0.480 e. The van der Waals surface area contributed by atoms with Crippen molar-refractivity contribution in [3.05, 3.63) is 35.9 Å². The second-order valence-corrected chi connectivity index (χ2v) is 5.23. The molecule has 114 valence electrons. The van der Waals surface area contributed by atoms with E-state index in [4.69, 9.17) is 9.84 Å². The number of aliphatic carboxylic acids is 1. The van der Waals surface area contributed by atoms with Crippen molar-refractivity contribution in [2.45, 2.75) is 31.7 Å². The van der Waals surface area contributed by atoms with Gasteiger partial charge in [0.2, 0.25) is 5.91 Å². The Kier molecular flexibility index (Phi) is 5.75. The first-order valence-electron chi connectivity index (χ1n) is 7.32. The van der Waals surface area contributed by atoms with Crippen molar-refractivity contribution in [2.24, 2.45) is 0 Å². The Morgan fingerprint density at radius 1 is 1.24 bits per heavy atom. The van der Waals surface area contributed by atoms with Crippen LogP contribution in [0.4, 0.5) is 0 Å². The van der Waals surface area contributed by atoms with Crippen molar-refractivity contribution in [3.63, 3.8) is 0 Å². The highest BCUT2D eigenvalue weighted by Crippen LogP contribution is 2.17. The van der Waals surface area contributed by atoms with Gasteiger partial charge in [0.05, 0.1) is 6.61 Å². The van der Waals surface area contributed by atoms with E-state index in [1.807, 2.05) is 30.3 Å². The first kappa shape index (κ1) is 15.5. The third kappa shape index (κ3) is 4.56. The fourth-order valence-corrected chi connectivity index (χ4v) is 2.56. The molecule has 1 amide bonds. The molecule has 5 heteroatoms. The minimum Gasteiger partial charge on any atom is -0.480 e. The minimum atomic E-state index is -0.924. The second-order valence-electron chi connectivity index (χ2n) is 5.23. The normalized spacial score (nSPS) is 18.5. The number of hydrogen-bond acceptors (Lipinski definition) is 3. The Hall–Kier alpha value is -1.88. The lowest BCUT2D eigenvalue weighted by atomic mass is 10.0. The maximum absolute atomic E-state index is 12.1. The van der Waals surface area contributed by atoms with E-state index in [-0.39, 0.29) is 12.5 Å². The summed E-state index contributed by atoms with van der Waals surface area (Å²) in [6, 6.07) is 9.21. The molecular formula is C16H21NO4. The van der Waals surface area contributed by atoms with Crippen LogP contribution >= 0.6 is 0 Å². The van der Waals surface area contributed by atoms with Gasteiger partial charge in [-0.3, -0.25) is 4.79 Å². The van der Waals surface area contributed by atoms with Crippen LogP contribution < -0.4 is 0 Å². The second kappa shape index (κ2) is 7.78. The number of nitrogens with zero attached hydrogens (tertiary/aromatic N) is 1. The summed E-state index contributed by atoms with van der Waals surface area (Å²) in [5.74, 6) is -1.15. The SMILES string of the molecule is O=C(O)[C@@H]1CCCCN1C(=O)COCCc1ccccc1. The number of carboxylic acid groups (broad SMARTS) is 1. The molecule has 0 saturated carbocycles. The summed E-state index contributed by atoms with van der Waals surface area (Å²) in [7, 11) is 0. The van der Waals surface area contributed by atoms with Crippen LogP contribution in [0.25, 0.3) is 0 Å². The summed E-state index contributed by atoms with van der Waals surface area (Å²) >= 11 is 0. The summed E-state index contributed by atoms with van der Waals surface area (Å²) in [6.07, 6.45) is 3.00. The number of carboxylic acids is 1. The first-order valence-corrected chi connectivity index (χ1v) is 7.32. The Balaban J connectivity index is 1.74. The molecule has 1 saturated heterocycles. The van der Waals surface area contributed by atoms with Gasteiger partial charge in [-0.2, -0.15) is 0 Å². The van der Waals surface area contributed by atoms with Gasteiger partial charge < -0.3 is 14.7 Å². The molecule has 0 unspecified atom stereocenters. The third-order valence-electron chi connectivity index (χ3n) is 3.71. The zero-order valence-electron chi connectivity index (χ0n) is 12.0. The van der Waals surface area contributed by atoms with Crippen LogP contribution in [0.1, 0.15) is 24.8 Å². The number of piperidine rings is 1. The summed E-state index contributed by atoms with van der Waals surface area (Å²) in [4.78, 5) is 24.7. The third-order valence-corrected chi connectivity index (χ3v) is 3.71. The quantitative estimate of drug-likeness (QED) is 0.810. The summed E-state index contributed by atoms with van der Waals surface area (Å²) in [5.41, 5.74) is 1.16. The number of carbonyl (C=O) groups excluding carboxylic acids is 1. The molecule has 0 aromatic heterocycles. The number of amides is 1. The molecule has 1 aliphatic rings. The van der Waals surface area contributed by atoms with Crippen molar-refractivity contribution < 1.29 is 19.4 Å². The molecule has 1 aliphatic heterocycles. The van der Waals surface area contributed by atoms with Crippen molar-refractivity contribution >= 4 is 11.9 Å². The molecule has 0 bridgehead atoms. The molecule has 1 heterocycles. The monoisotopic (exact) mass is 291 g/mol. The van der Waals surface area contributed by atoms with Crippen LogP contribution in [0.3, 0.4) is 0 Å². The van der Waals surface area contributed by atoms with E-state index < -0.39 is 12.0 Å². The zero-order valence-corrected chi connectivity index (χ0v) is 12.0. The predicted molar refractivity (Wildman–Crippen MR) is 78.0 cm³/mol. The molecular weight excluding hydrogens is 270 g/mol. The molecule has 0 aliphatic carbocycles. The van der Waals surface area contributed by atoms with E-state index in [1.165, 1.54) is 4.90 Å². The summed E-state index contributed by atoms with van der Waals surface area (Å²) in [6.45, 7) is 0.926. The maximum atomic E-state index is 12.1. The van der Waals surface area contributed by atoms with Gasteiger partial charge in [-0.15, -0.1) is 0 Å². The molecule has 21 heavy (non-hydrogen) atoms. The van der Waals surface area contributed by atoms with E-state index in [2.05, 4.69) is 0 Å². The van der Waals surface area contributed by atoms with Gasteiger partial charge in [-0.05, 0) is 31.2 Å². The molecule has 1 N–H and O–H groups in total. The fraction of sp³-hybridized carbons (Fsp3) is 0.500. The van der Waals surface area contributed by atoms with Crippen molar-refractivity contribution in [1.82, 2.24) is 4.90 Å². The highest BCUT2D eigenvalue weighted by Gasteiger charge is 2.31. The number of ether oxygens (including phenoxy) is 1. The number of likely N-dealkylation sites (tertiary alicyclic amines) is 1. The molecule has 1 fully saturated rings. The van der Waals surface area contributed by atoms with Gasteiger partial charge in [0.1, 0.15) is 12.6 Å². The van der Waals surface area contributed by atoms with E-state index in [0.717, 1.165) is 24.8 Å². The van der Waals surface area contributed by atoms with Gasteiger partial charge in [0.15, 0.2) is 0 Å². The highest BCUT2D eigenvalue weighted by molar-refractivity contribution is 5.84. The summed E-state index contributed by atoms with van der Waals surface area (Å²) < 4.78 is 5.40. The van der Waals surface area contributed by atoms with Crippen LogP contribution in [0, 0.1) is 0 Å². The van der Waals surface area contributed by atoms with E-state index in [0.29, 0.717) is 19.6 Å². The van der Waals surface area contributed by atoms with Crippen molar-refractivity contribution in [1.29, 1.82) is 0 Å². The molecule has 2 rings (SSSR count). The topological polar surface area (TPSA) is 66.8 Å². The molecule has 1 atom stereocenters. The van der Waals surface area contributed by atoms with Gasteiger partial charge in [-0.1, -0.05) is 30.3 Å². The van der Waals surface area contributed by atoms with E-state index in [1.54, 1.807) is 0 Å². The van der Waals surface area contributed by atoms with E-state index >= 15 is 0 Å². The van der Waals surface area contributed by atoms with Crippen LogP contribution in [-0.4, -0.2) is 47.7 Å². The van der Waals surface area contributed by atoms with Crippen LogP contribution in [0.5, 0.6) is 0 Å². The Morgan fingerprint density at radius 3 is 2.71 bits per heavy atom. The van der Waals surface area contributed by atoms with Crippen molar-refractivity contribution in [2.75, 3.05) is 19.8 Å². The number of benzene rings is 1. The zero-order chi connectivity index (χ0) is 15.1. The van der Waals surface area contributed by atoms with Crippen LogP contribution in [0.15, 0.2) is 30.3 Å². The molecule has 0 radical (unpaired) electrons. The lowest BCUT2D eigenvalue weighted by molar-refractivity contribution is -0.154. The standard InChI is InChI=1S/C16H21NO4/c18-15(17-10-5-4-8-14(17)16(19)20)12-21-11-9-13-6-2-1-3-7-13/h1-3,6-7,14H,4-5,8-12H2,(H,19,20)/t14-/m0/s1. The lowest BCUT2D eigenvalue weighted by Gasteiger charge is -2.32. The first-order chi connectivity index (χ1) is 10.2. The molecule has 1 aromatic rings. The maximum Gasteiger partial charge on any atom is 0.326 e. The average Bonchev–Trinajstić information content (AvgIpc) is 2.52. The van der Waals surface area contributed by atoms with Gasteiger partial charge in [0, 0.05) is 6.54 Å². The van der Waals surface area contributed by atoms with Gasteiger partial charge in [0.25, 0.3) is 0 Å². The van der Waals surface area contributed by atoms with Crippen LogP contribution in [-0.2, 0) is 20.7 Å². The van der Waals surface area contributed by atoms with Crippen LogP contribution in [0.2, 0.25) is 0 Å². The smallest absolute Gasteiger partial charge is 0.326 e. The number of carbonyl (C=O) groups is 2. The highest BCUT2D eigenvalue weighted by atomic mass is 16.5. The fourth-order valence-electron chi connectivity index (χ4n) is 2.56. The predicted octanol–water partition coefficient (Wildman–Crippen LogP) is 1.71. The Bertz CT molecular complexity index is 474. The molecule has 5 nitrogen and oxygen atoms in total. The number of hydrogen-bond donors (Lipinski definition) is 1. The van der Waals surface area contributed by atoms with Gasteiger partial charge in [-0.25, -0.2) is 4.79 Å². The van der Waals surface area contributed by atoms with Gasteiger partial charge >= 0.3 is 5.97 Å². The Morgan fingerprint density at radius 2 is 2.00 bits per heavy atom. The number of rotatable bonds is 6. The summed E-state index contributed by atoms with van der Waals surface area (Å²) in [5, 5.41) is 9.14. The lowest BCUT2D eigenvalue weighted by Crippen LogP contribution is -2.49. The Labute approximate surface area is 124 Å². The average molecular weight is 291 g/mol. The van der Waals surface area contributed by atoms with E-state index in [9.17, 15) is 9.59 Å². The van der Waals surface area contributed by atoms with Crippen molar-refractivity contribution in [3.8, 4) is 0 Å². The minimum absolute atomic E-state index is 0.0450.